The zero-order chi connectivity index (χ0) is 15.1. The molecule has 0 atom stereocenters. The molecule has 0 bridgehead atoms. The molecule has 2 N–H and O–H groups in total. The fourth-order valence-electron chi connectivity index (χ4n) is 1.82. The summed E-state index contributed by atoms with van der Waals surface area (Å²) in [7, 11) is 0. The second kappa shape index (κ2) is 7.47. The van der Waals surface area contributed by atoms with Crippen LogP contribution in [0.1, 0.15) is 27.2 Å². The van der Waals surface area contributed by atoms with Crippen LogP contribution >= 0.6 is 0 Å². The van der Waals surface area contributed by atoms with E-state index >= 15 is 0 Å². The Balaban J connectivity index is 2.14. The van der Waals surface area contributed by atoms with Crippen molar-refractivity contribution in [3.05, 3.63) is 36.5 Å². The van der Waals surface area contributed by atoms with Crippen LogP contribution in [0.4, 0.5) is 17.5 Å². The highest BCUT2D eigenvalue weighted by Gasteiger charge is 2.07. The third kappa shape index (κ3) is 4.63. The van der Waals surface area contributed by atoms with Crippen molar-refractivity contribution in [3.63, 3.8) is 0 Å². The van der Waals surface area contributed by atoms with Gasteiger partial charge in [-0.2, -0.15) is 4.98 Å². The van der Waals surface area contributed by atoms with Crippen molar-refractivity contribution < 1.29 is 4.74 Å². The number of benzene rings is 1. The second-order valence-corrected chi connectivity index (χ2v) is 4.98. The van der Waals surface area contributed by atoms with Crippen LogP contribution in [0.15, 0.2) is 36.5 Å². The fraction of sp³-hybridized carbons (Fsp3) is 0.375. The van der Waals surface area contributed by atoms with E-state index in [-0.39, 0.29) is 6.10 Å². The number of anilines is 3. The van der Waals surface area contributed by atoms with Crippen LogP contribution in [-0.2, 0) is 0 Å². The van der Waals surface area contributed by atoms with Crippen molar-refractivity contribution in [2.75, 3.05) is 17.2 Å². The third-order valence-corrected chi connectivity index (χ3v) is 2.71. The summed E-state index contributed by atoms with van der Waals surface area (Å²) >= 11 is 0. The van der Waals surface area contributed by atoms with Gasteiger partial charge in [0.1, 0.15) is 11.6 Å². The van der Waals surface area contributed by atoms with Gasteiger partial charge >= 0.3 is 0 Å². The zero-order valence-electron chi connectivity index (χ0n) is 12.8. The maximum absolute atomic E-state index is 5.78. The second-order valence-electron chi connectivity index (χ2n) is 4.98. The number of hydrogen-bond donors (Lipinski definition) is 2. The van der Waals surface area contributed by atoms with Gasteiger partial charge in [0.05, 0.1) is 11.8 Å². The normalized spacial score (nSPS) is 10.5. The Kier molecular flexibility index (Phi) is 5.37. The van der Waals surface area contributed by atoms with E-state index in [0.29, 0.717) is 5.95 Å². The summed E-state index contributed by atoms with van der Waals surface area (Å²) in [5, 5.41) is 6.45. The molecule has 0 aliphatic rings. The summed E-state index contributed by atoms with van der Waals surface area (Å²) in [5.74, 6) is 2.16. The molecule has 1 aromatic carbocycles. The van der Waals surface area contributed by atoms with E-state index in [0.717, 1.165) is 30.2 Å². The Bertz CT molecular complexity index is 572. The quantitative estimate of drug-likeness (QED) is 0.810. The lowest BCUT2D eigenvalue weighted by atomic mass is 10.3. The lowest BCUT2D eigenvalue weighted by molar-refractivity contribution is 0.244. The summed E-state index contributed by atoms with van der Waals surface area (Å²) in [6.07, 6.45) is 2.91. The molecule has 0 radical (unpaired) electrons. The molecule has 0 fully saturated rings. The van der Waals surface area contributed by atoms with Crippen LogP contribution in [0.2, 0.25) is 0 Å². The monoisotopic (exact) mass is 286 g/mol. The summed E-state index contributed by atoms with van der Waals surface area (Å²) in [4.78, 5) is 8.68. The standard InChI is InChI=1S/C16H22N4O/c1-4-10-17-15-9-11-18-16(20-15)19-13-7-5-6-8-14(13)21-12(2)3/h5-9,11-12H,4,10H2,1-3H3,(H2,17,18,19,20). The maximum atomic E-state index is 5.78. The fourth-order valence-corrected chi connectivity index (χ4v) is 1.82. The molecule has 0 unspecified atom stereocenters. The molecule has 0 spiro atoms. The first-order valence-corrected chi connectivity index (χ1v) is 7.28. The Morgan fingerprint density at radius 2 is 2.00 bits per heavy atom. The van der Waals surface area contributed by atoms with Crippen LogP contribution in [-0.4, -0.2) is 22.6 Å². The van der Waals surface area contributed by atoms with Gasteiger partial charge in [-0.25, -0.2) is 4.98 Å². The Morgan fingerprint density at radius 1 is 1.19 bits per heavy atom. The van der Waals surface area contributed by atoms with Crippen molar-refractivity contribution in [3.8, 4) is 5.75 Å². The molecule has 0 aliphatic carbocycles. The van der Waals surface area contributed by atoms with Crippen molar-refractivity contribution >= 4 is 17.5 Å². The minimum atomic E-state index is 0.117. The minimum Gasteiger partial charge on any atom is -0.489 e. The summed E-state index contributed by atoms with van der Waals surface area (Å²) in [6, 6.07) is 9.64. The molecule has 1 heterocycles. The van der Waals surface area contributed by atoms with Gasteiger partial charge in [0.15, 0.2) is 0 Å². The van der Waals surface area contributed by atoms with Crippen LogP contribution in [0, 0.1) is 0 Å². The maximum Gasteiger partial charge on any atom is 0.229 e. The predicted molar refractivity (Wildman–Crippen MR) is 86.3 cm³/mol. The van der Waals surface area contributed by atoms with Crippen LogP contribution < -0.4 is 15.4 Å². The summed E-state index contributed by atoms with van der Waals surface area (Å²) in [6.45, 7) is 7.02. The van der Waals surface area contributed by atoms with E-state index in [2.05, 4.69) is 27.5 Å². The highest BCUT2D eigenvalue weighted by Crippen LogP contribution is 2.27. The third-order valence-electron chi connectivity index (χ3n) is 2.71. The molecule has 0 saturated heterocycles. The lowest BCUT2D eigenvalue weighted by Gasteiger charge is -2.15. The van der Waals surface area contributed by atoms with Crippen LogP contribution in [0.3, 0.4) is 0 Å². The summed E-state index contributed by atoms with van der Waals surface area (Å²) in [5.41, 5.74) is 0.860. The van der Waals surface area contributed by atoms with E-state index < -0.39 is 0 Å². The van der Waals surface area contributed by atoms with Gasteiger partial charge in [-0.1, -0.05) is 19.1 Å². The number of rotatable bonds is 7. The van der Waals surface area contributed by atoms with Crippen molar-refractivity contribution in [1.82, 2.24) is 9.97 Å². The van der Waals surface area contributed by atoms with Crippen LogP contribution in [0.5, 0.6) is 5.75 Å². The molecule has 5 nitrogen and oxygen atoms in total. The molecule has 0 saturated carbocycles. The number of para-hydroxylation sites is 2. The average molecular weight is 286 g/mol. The number of nitrogens with one attached hydrogen (secondary N) is 2. The molecule has 2 rings (SSSR count). The zero-order valence-corrected chi connectivity index (χ0v) is 12.8. The number of nitrogens with zero attached hydrogens (tertiary/aromatic N) is 2. The number of ether oxygens (including phenoxy) is 1. The van der Waals surface area contributed by atoms with E-state index in [4.69, 9.17) is 4.74 Å². The largest absolute Gasteiger partial charge is 0.489 e. The lowest BCUT2D eigenvalue weighted by Crippen LogP contribution is -2.08. The van der Waals surface area contributed by atoms with Crippen molar-refractivity contribution in [2.45, 2.75) is 33.3 Å². The van der Waals surface area contributed by atoms with E-state index in [9.17, 15) is 0 Å². The molecule has 5 heteroatoms. The SMILES string of the molecule is CCCNc1ccnc(Nc2ccccc2OC(C)C)n1. The highest BCUT2D eigenvalue weighted by atomic mass is 16.5. The Morgan fingerprint density at radius 3 is 2.76 bits per heavy atom. The molecule has 1 aromatic heterocycles. The van der Waals surface area contributed by atoms with Crippen molar-refractivity contribution in [2.24, 2.45) is 0 Å². The Hall–Kier alpha value is -2.30. The smallest absolute Gasteiger partial charge is 0.229 e. The van der Waals surface area contributed by atoms with Crippen LogP contribution in [0.25, 0.3) is 0 Å². The van der Waals surface area contributed by atoms with Gasteiger partial charge in [-0.05, 0) is 38.5 Å². The van der Waals surface area contributed by atoms with E-state index in [1.165, 1.54) is 0 Å². The first-order valence-electron chi connectivity index (χ1n) is 7.28. The van der Waals surface area contributed by atoms with E-state index in [1.807, 2.05) is 44.2 Å². The van der Waals surface area contributed by atoms with Gasteiger partial charge in [-0.3, -0.25) is 0 Å². The predicted octanol–water partition coefficient (Wildman–Crippen LogP) is 3.83. The summed E-state index contributed by atoms with van der Waals surface area (Å²) < 4.78 is 5.78. The van der Waals surface area contributed by atoms with Crippen molar-refractivity contribution in [1.29, 1.82) is 0 Å². The number of aromatic nitrogens is 2. The van der Waals surface area contributed by atoms with Gasteiger partial charge in [0.25, 0.3) is 0 Å². The van der Waals surface area contributed by atoms with Gasteiger partial charge in [0.2, 0.25) is 5.95 Å². The molecule has 0 aliphatic heterocycles. The first kappa shape index (κ1) is 15.1. The molecular weight excluding hydrogens is 264 g/mol. The molecule has 112 valence electrons. The molecule has 2 aromatic rings. The average Bonchev–Trinajstić information content (AvgIpc) is 2.47. The molecule has 0 amide bonds. The van der Waals surface area contributed by atoms with Gasteiger partial charge in [0, 0.05) is 12.7 Å². The number of hydrogen-bond acceptors (Lipinski definition) is 5. The van der Waals surface area contributed by atoms with E-state index in [1.54, 1.807) is 6.20 Å². The minimum absolute atomic E-state index is 0.117. The van der Waals surface area contributed by atoms with Gasteiger partial charge < -0.3 is 15.4 Å². The topological polar surface area (TPSA) is 59.1 Å². The Labute approximate surface area is 125 Å². The first-order chi connectivity index (χ1) is 10.2. The molecule has 21 heavy (non-hydrogen) atoms. The molecular formula is C16H22N4O. The van der Waals surface area contributed by atoms with Gasteiger partial charge in [-0.15, -0.1) is 0 Å². The highest BCUT2D eigenvalue weighted by molar-refractivity contribution is 5.62.